The van der Waals surface area contributed by atoms with E-state index in [1.807, 2.05) is 0 Å². The summed E-state index contributed by atoms with van der Waals surface area (Å²) in [6, 6.07) is 0.464. The van der Waals surface area contributed by atoms with Crippen LogP contribution in [0.1, 0.15) is 25.7 Å². The average Bonchev–Trinajstić information content (AvgIpc) is 2.04. The van der Waals surface area contributed by atoms with Crippen molar-refractivity contribution in [3.05, 3.63) is 0 Å². The Hall–Kier alpha value is -0.480. The number of carbonyl (C=O) groups is 1. The van der Waals surface area contributed by atoms with E-state index >= 15 is 0 Å². The normalized spacial score (nSPS) is 27.5. The van der Waals surface area contributed by atoms with Crippen molar-refractivity contribution in [2.75, 3.05) is 7.05 Å². The number of hydrogen-bond acceptors (Lipinski definition) is 2. The van der Waals surface area contributed by atoms with Gasteiger partial charge in [0.2, 0.25) is 0 Å². The molecule has 1 fully saturated rings. The summed E-state index contributed by atoms with van der Waals surface area (Å²) in [6.07, 6.45) is 2.87. The lowest BCUT2D eigenvalue weighted by atomic mass is 9.91. The molecular formula is C8H17ClN2O2. The molecule has 3 N–H and O–H groups in total. The SMILES string of the molecule is CN(C(=O)O)C1CCC(N)CC1.Cl. The van der Waals surface area contributed by atoms with Gasteiger partial charge >= 0.3 is 6.09 Å². The Morgan fingerprint density at radius 3 is 2.23 bits per heavy atom. The molecule has 1 rings (SSSR count). The molecular weight excluding hydrogens is 192 g/mol. The molecule has 0 heterocycles. The van der Waals surface area contributed by atoms with E-state index in [-0.39, 0.29) is 24.5 Å². The fraction of sp³-hybridized carbons (Fsp3) is 0.875. The van der Waals surface area contributed by atoms with Crippen LogP contribution in [-0.4, -0.2) is 35.2 Å². The first kappa shape index (κ1) is 12.5. The van der Waals surface area contributed by atoms with Gasteiger partial charge in [0.15, 0.2) is 0 Å². The molecule has 0 atom stereocenters. The zero-order valence-electron chi connectivity index (χ0n) is 7.77. The molecule has 5 heteroatoms. The van der Waals surface area contributed by atoms with Crippen LogP contribution in [0, 0.1) is 0 Å². The van der Waals surface area contributed by atoms with E-state index in [1.165, 1.54) is 4.90 Å². The maximum absolute atomic E-state index is 10.6. The first-order valence-corrected chi connectivity index (χ1v) is 4.32. The van der Waals surface area contributed by atoms with Gasteiger partial charge in [-0.2, -0.15) is 0 Å². The Kier molecular flexibility index (Phi) is 5.10. The molecule has 13 heavy (non-hydrogen) atoms. The molecule has 4 nitrogen and oxygen atoms in total. The molecule has 1 aliphatic rings. The van der Waals surface area contributed by atoms with Crippen molar-refractivity contribution in [3.63, 3.8) is 0 Å². The number of halogens is 1. The molecule has 0 unspecified atom stereocenters. The van der Waals surface area contributed by atoms with E-state index < -0.39 is 6.09 Å². The Morgan fingerprint density at radius 1 is 1.38 bits per heavy atom. The second-order valence-corrected chi connectivity index (χ2v) is 3.46. The Morgan fingerprint density at radius 2 is 1.85 bits per heavy atom. The summed E-state index contributed by atoms with van der Waals surface area (Å²) in [6.45, 7) is 0. The quantitative estimate of drug-likeness (QED) is 0.683. The molecule has 1 saturated carbocycles. The zero-order valence-corrected chi connectivity index (χ0v) is 8.59. The number of nitrogens with zero attached hydrogens (tertiary/aromatic N) is 1. The van der Waals surface area contributed by atoms with E-state index in [2.05, 4.69) is 0 Å². The zero-order chi connectivity index (χ0) is 9.14. The van der Waals surface area contributed by atoms with Crippen molar-refractivity contribution in [1.82, 2.24) is 4.90 Å². The predicted octanol–water partition coefficient (Wildman–Crippen LogP) is 1.29. The summed E-state index contributed by atoms with van der Waals surface area (Å²) < 4.78 is 0. The van der Waals surface area contributed by atoms with Gasteiger partial charge in [-0.1, -0.05) is 0 Å². The molecule has 78 valence electrons. The smallest absolute Gasteiger partial charge is 0.407 e. The first-order chi connectivity index (χ1) is 5.61. The highest BCUT2D eigenvalue weighted by atomic mass is 35.5. The average molecular weight is 209 g/mol. The van der Waals surface area contributed by atoms with Crippen molar-refractivity contribution in [2.45, 2.75) is 37.8 Å². The highest BCUT2D eigenvalue weighted by Gasteiger charge is 2.24. The lowest BCUT2D eigenvalue weighted by Crippen LogP contribution is -2.41. The maximum Gasteiger partial charge on any atom is 0.407 e. The van der Waals surface area contributed by atoms with Crippen LogP contribution >= 0.6 is 12.4 Å². The molecule has 1 aliphatic carbocycles. The summed E-state index contributed by atoms with van der Waals surface area (Å²) in [7, 11) is 1.63. The maximum atomic E-state index is 10.6. The highest BCUT2D eigenvalue weighted by Crippen LogP contribution is 2.20. The van der Waals surface area contributed by atoms with Crippen molar-refractivity contribution in [2.24, 2.45) is 5.73 Å². The van der Waals surface area contributed by atoms with Gasteiger partial charge in [0.1, 0.15) is 0 Å². The van der Waals surface area contributed by atoms with Gasteiger partial charge < -0.3 is 15.7 Å². The third-order valence-corrected chi connectivity index (χ3v) is 2.59. The lowest BCUT2D eigenvalue weighted by molar-refractivity contribution is 0.124. The van der Waals surface area contributed by atoms with Crippen LogP contribution in [-0.2, 0) is 0 Å². The fourth-order valence-corrected chi connectivity index (χ4v) is 1.65. The van der Waals surface area contributed by atoms with Gasteiger partial charge in [0, 0.05) is 19.1 Å². The van der Waals surface area contributed by atoms with E-state index in [4.69, 9.17) is 10.8 Å². The van der Waals surface area contributed by atoms with E-state index in [0.29, 0.717) is 0 Å². The number of rotatable bonds is 1. The van der Waals surface area contributed by atoms with Gasteiger partial charge in [-0.05, 0) is 25.7 Å². The third-order valence-electron chi connectivity index (χ3n) is 2.59. The monoisotopic (exact) mass is 208 g/mol. The van der Waals surface area contributed by atoms with Crippen molar-refractivity contribution < 1.29 is 9.90 Å². The third kappa shape index (κ3) is 3.40. The van der Waals surface area contributed by atoms with Crippen molar-refractivity contribution in [1.29, 1.82) is 0 Å². The van der Waals surface area contributed by atoms with Crippen LogP contribution in [0.2, 0.25) is 0 Å². The van der Waals surface area contributed by atoms with Crippen LogP contribution in [0.3, 0.4) is 0 Å². The Labute approximate surface area is 84.5 Å². The minimum atomic E-state index is -0.838. The number of carboxylic acid groups (broad SMARTS) is 1. The Bertz CT molecular complexity index is 170. The molecule has 0 saturated heterocycles. The van der Waals surface area contributed by atoms with Crippen LogP contribution in [0.4, 0.5) is 4.79 Å². The highest BCUT2D eigenvalue weighted by molar-refractivity contribution is 5.85. The summed E-state index contributed by atoms with van der Waals surface area (Å²) in [4.78, 5) is 12.0. The minimum absolute atomic E-state index is 0. The number of hydrogen-bond donors (Lipinski definition) is 2. The minimum Gasteiger partial charge on any atom is -0.465 e. The van der Waals surface area contributed by atoms with Crippen LogP contribution < -0.4 is 5.73 Å². The van der Waals surface area contributed by atoms with E-state index in [9.17, 15) is 4.79 Å². The molecule has 0 bridgehead atoms. The summed E-state index contributed by atoms with van der Waals surface area (Å²) in [5.41, 5.74) is 5.71. The number of nitrogens with two attached hydrogens (primary N) is 1. The van der Waals surface area contributed by atoms with E-state index in [0.717, 1.165) is 25.7 Å². The van der Waals surface area contributed by atoms with Crippen molar-refractivity contribution in [3.8, 4) is 0 Å². The second kappa shape index (κ2) is 5.29. The largest absolute Gasteiger partial charge is 0.465 e. The van der Waals surface area contributed by atoms with Crippen LogP contribution in [0.15, 0.2) is 0 Å². The molecule has 0 radical (unpaired) electrons. The first-order valence-electron chi connectivity index (χ1n) is 4.32. The summed E-state index contributed by atoms with van der Waals surface area (Å²) >= 11 is 0. The van der Waals surface area contributed by atoms with Gasteiger partial charge in [-0.3, -0.25) is 0 Å². The summed E-state index contributed by atoms with van der Waals surface area (Å²) in [5.74, 6) is 0. The van der Waals surface area contributed by atoms with Crippen LogP contribution in [0.25, 0.3) is 0 Å². The molecule has 0 aromatic rings. The summed E-state index contributed by atoms with van der Waals surface area (Å²) in [5, 5.41) is 8.69. The van der Waals surface area contributed by atoms with Gasteiger partial charge in [0.05, 0.1) is 0 Å². The molecule has 0 aromatic carbocycles. The van der Waals surface area contributed by atoms with Gasteiger partial charge in [-0.25, -0.2) is 4.79 Å². The Balaban J connectivity index is 0.00000144. The van der Waals surface area contributed by atoms with Crippen molar-refractivity contribution >= 4 is 18.5 Å². The second-order valence-electron chi connectivity index (χ2n) is 3.46. The predicted molar refractivity (Wildman–Crippen MR) is 53.3 cm³/mol. The van der Waals surface area contributed by atoms with Crippen LogP contribution in [0.5, 0.6) is 0 Å². The topological polar surface area (TPSA) is 66.6 Å². The number of amides is 1. The van der Waals surface area contributed by atoms with E-state index in [1.54, 1.807) is 7.05 Å². The van der Waals surface area contributed by atoms with Gasteiger partial charge in [-0.15, -0.1) is 12.4 Å². The van der Waals surface area contributed by atoms with Gasteiger partial charge in [0.25, 0.3) is 0 Å². The molecule has 0 spiro atoms. The lowest BCUT2D eigenvalue weighted by Gasteiger charge is -2.31. The fourth-order valence-electron chi connectivity index (χ4n) is 1.65. The standard InChI is InChI=1S/C8H16N2O2.ClH/c1-10(8(11)12)7-4-2-6(9)3-5-7;/h6-7H,2-5,9H2,1H3,(H,11,12);1H. The molecule has 1 amide bonds. The molecule has 0 aliphatic heterocycles. The molecule has 0 aromatic heterocycles.